The number of hydrogen-bond donors (Lipinski definition) is 0. The molecule has 0 spiro atoms. The maximum Gasteiger partial charge on any atom is 0.177 e. The second-order valence-corrected chi connectivity index (χ2v) is 5.08. The minimum absolute atomic E-state index is 0.951. The second-order valence-electron chi connectivity index (χ2n) is 4.37. The Morgan fingerprint density at radius 3 is 2.82 bits per heavy atom. The highest BCUT2D eigenvalue weighted by Crippen LogP contribution is 2.19. The van der Waals surface area contributed by atoms with Crippen LogP contribution in [0.5, 0.6) is 0 Å². The number of hydrogen-bond acceptors (Lipinski definition) is 2. The predicted molar refractivity (Wildman–Crippen MR) is 70.5 cm³/mol. The van der Waals surface area contributed by atoms with Crippen LogP contribution >= 0.6 is 15.9 Å². The Morgan fingerprint density at radius 1 is 1.18 bits per heavy atom. The van der Waals surface area contributed by atoms with Gasteiger partial charge < -0.3 is 4.57 Å². The molecule has 0 atom stereocenters. The Morgan fingerprint density at radius 2 is 2.00 bits per heavy atom. The molecule has 88 valence electrons. The Kier molecular flexibility index (Phi) is 2.99. The van der Waals surface area contributed by atoms with Crippen molar-refractivity contribution >= 4 is 15.9 Å². The van der Waals surface area contributed by atoms with E-state index in [1.165, 1.54) is 11.3 Å². The number of nitrogens with zero attached hydrogens (tertiary/aromatic N) is 3. The standard InChI is InChI=1S/C13H14BrN3/c14-13-15-8-12-10-16(6-7-17(12)13)9-11-4-2-1-3-5-11/h1-5,8H,6-7,9-10H2. The zero-order chi connectivity index (χ0) is 11.7. The summed E-state index contributed by atoms with van der Waals surface area (Å²) >= 11 is 3.47. The molecular weight excluding hydrogens is 278 g/mol. The average molecular weight is 292 g/mol. The molecule has 2 heterocycles. The molecule has 0 fully saturated rings. The summed E-state index contributed by atoms with van der Waals surface area (Å²) in [4.78, 5) is 6.75. The topological polar surface area (TPSA) is 21.1 Å². The molecule has 3 rings (SSSR count). The van der Waals surface area contributed by atoms with Gasteiger partial charge >= 0.3 is 0 Å². The van der Waals surface area contributed by atoms with Crippen molar-refractivity contribution in [3.05, 3.63) is 52.5 Å². The van der Waals surface area contributed by atoms with E-state index in [1.807, 2.05) is 6.20 Å². The summed E-state index contributed by atoms with van der Waals surface area (Å²) in [7, 11) is 0. The SMILES string of the molecule is Brc1ncc2n1CCN(Cc1ccccc1)C2. The van der Waals surface area contributed by atoms with Crippen molar-refractivity contribution in [1.29, 1.82) is 0 Å². The molecule has 1 aromatic carbocycles. The van der Waals surface area contributed by atoms with Gasteiger partial charge in [0.25, 0.3) is 0 Å². The van der Waals surface area contributed by atoms with Gasteiger partial charge in [0, 0.05) is 26.2 Å². The lowest BCUT2D eigenvalue weighted by molar-refractivity contribution is 0.212. The van der Waals surface area contributed by atoms with Crippen molar-refractivity contribution in [2.24, 2.45) is 0 Å². The van der Waals surface area contributed by atoms with E-state index in [0.717, 1.165) is 30.9 Å². The van der Waals surface area contributed by atoms with E-state index < -0.39 is 0 Å². The summed E-state index contributed by atoms with van der Waals surface area (Å²) in [6.45, 7) is 4.09. The molecule has 1 aliphatic rings. The van der Waals surface area contributed by atoms with Gasteiger partial charge in [-0.1, -0.05) is 30.3 Å². The maximum atomic E-state index is 4.29. The summed E-state index contributed by atoms with van der Waals surface area (Å²) in [5, 5.41) is 0. The summed E-state index contributed by atoms with van der Waals surface area (Å²) in [5.41, 5.74) is 2.67. The first-order valence-corrected chi connectivity index (χ1v) is 6.58. The molecule has 0 N–H and O–H groups in total. The van der Waals surface area contributed by atoms with Gasteiger partial charge in [-0.2, -0.15) is 0 Å². The highest BCUT2D eigenvalue weighted by atomic mass is 79.9. The fraction of sp³-hybridized carbons (Fsp3) is 0.308. The number of fused-ring (bicyclic) bond motifs is 1. The molecule has 0 unspecified atom stereocenters. The third-order valence-electron chi connectivity index (χ3n) is 3.16. The van der Waals surface area contributed by atoms with E-state index in [9.17, 15) is 0 Å². The van der Waals surface area contributed by atoms with Gasteiger partial charge in [0.2, 0.25) is 0 Å². The van der Waals surface area contributed by atoms with Gasteiger partial charge in [-0.05, 0) is 21.5 Å². The Labute approximate surface area is 109 Å². The third-order valence-corrected chi connectivity index (χ3v) is 3.80. The predicted octanol–water partition coefficient (Wildman–Crippen LogP) is 2.66. The first-order valence-electron chi connectivity index (χ1n) is 5.79. The lowest BCUT2D eigenvalue weighted by Crippen LogP contribution is -2.32. The first kappa shape index (κ1) is 11.0. The van der Waals surface area contributed by atoms with E-state index in [2.05, 4.69) is 60.7 Å². The Balaban J connectivity index is 1.72. The van der Waals surface area contributed by atoms with Crippen LogP contribution in [0.1, 0.15) is 11.3 Å². The molecule has 0 amide bonds. The molecule has 3 nitrogen and oxygen atoms in total. The molecule has 0 saturated heterocycles. The summed E-state index contributed by atoms with van der Waals surface area (Å²) in [6, 6.07) is 10.6. The van der Waals surface area contributed by atoms with Crippen LogP contribution in [-0.2, 0) is 19.6 Å². The smallest absolute Gasteiger partial charge is 0.177 e. The molecule has 17 heavy (non-hydrogen) atoms. The fourth-order valence-corrected chi connectivity index (χ4v) is 2.78. The van der Waals surface area contributed by atoms with Crippen LogP contribution in [0, 0.1) is 0 Å². The van der Waals surface area contributed by atoms with E-state index in [0.29, 0.717) is 0 Å². The molecular formula is C13H14BrN3. The van der Waals surface area contributed by atoms with Crippen LogP contribution in [-0.4, -0.2) is 21.0 Å². The normalized spacial score (nSPS) is 15.8. The van der Waals surface area contributed by atoms with Gasteiger partial charge in [0.05, 0.1) is 11.9 Å². The quantitative estimate of drug-likeness (QED) is 0.848. The van der Waals surface area contributed by atoms with E-state index in [1.54, 1.807) is 0 Å². The minimum atomic E-state index is 0.951. The van der Waals surface area contributed by atoms with Crippen molar-refractivity contribution in [3.8, 4) is 0 Å². The van der Waals surface area contributed by atoms with E-state index >= 15 is 0 Å². The highest BCUT2D eigenvalue weighted by Gasteiger charge is 2.18. The zero-order valence-corrected chi connectivity index (χ0v) is 11.1. The highest BCUT2D eigenvalue weighted by molar-refractivity contribution is 9.10. The lowest BCUT2D eigenvalue weighted by atomic mass is 10.2. The number of halogens is 1. The molecule has 0 saturated carbocycles. The van der Waals surface area contributed by atoms with Crippen LogP contribution in [0.3, 0.4) is 0 Å². The van der Waals surface area contributed by atoms with Gasteiger partial charge in [0.1, 0.15) is 0 Å². The van der Waals surface area contributed by atoms with Gasteiger partial charge in [0.15, 0.2) is 4.73 Å². The van der Waals surface area contributed by atoms with Crippen LogP contribution in [0.2, 0.25) is 0 Å². The zero-order valence-electron chi connectivity index (χ0n) is 9.51. The Bertz CT molecular complexity index is 507. The van der Waals surface area contributed by atoms with Crippen molar-refractivity contribution in [2.75, 3.05) is 6.54 Å². The van der Waals surface area contributed by atoms with Crippen LogP contribution in [0.25, 0.3) is 0 Å². The van der Waals surface area contributed by atoms with Crippen LogP contribution in [0.15, 0.2) is 41.3 Å². The summed E-state index contributed by atoms with van der Waals surface area (Å²) in [5.74, 6) is 0. The molecule has 2 aromatic rings. The number of benzene rings is 1. The van der Waals surface area contributed by atoms with Crippen LogP contribution in [0.4, 0.5) is 0 Å². The number of aromatic nitrogens is 2. The molecule has 4 heteroatoms. The monoisotopic (exact) mass is 291 g/mol. The molecule has 0 radical (unpaired) electrons. The average Bonchev–Trinajstić information content (AvgIpc) is 2.72. The summed E-state index contributed by atoms with van der Waals surface area (Å²) in [6.07, 6.45) is 1.96. The van der Waals surface area contributed by atoms with Crippen molar-refractivity contribution < 1.29 is 0 Å². The van der Waals surface area contributed by atoms with Crippen molar-refractivity contribution in [3.63, 3.8) is 0 Å². The summed E-state index contributed by atoms with van der Waals surface area (Å²) < 4.78 is 3.19. The fourth-order valence-electron chi connectivity index (χ4n) is 2.27. The maximum absolute atomic E-state index is 4.29. The first-order chi connectivity index (χ1) is 8.33. The lowest BCUT2D eigenvalue weighted by Gasteiger charge is -2.28. The molecule has 1 aliphatic heterocycles. The molecule has 1 aromatic heterocycles. The van der Waals surface area contributed by atoms with Gasteiger partial charge in [-0.3, -0.25) is 4.90 Å². The van der Waals surface area contributed by atoms with Crippen LogP contribution < -0.4 is 0 Å². The minimum Gasteiger partial charge on any atom is -0.320 e. The van der Waals surface area contributed by atoms with Crippen molar-refractivity contribution in [1.82, 2.24) is 14.5 Å². The molecule has 0 bridgehead atoms. The number of rotatable bonds is 2. The second kappa shape index (κ2) is 4.63. The Hall–Kier alpha value is -1.13. The largest absolute Gasteiger partial charge is 0.320 e. The van der Waals surface area contributed by atoms with Gasteiger partial charge in [-0.25, -0.2) is 4.98 Å². The molecule has 0 aliphatic carbocycles. The van der Waals surface area contributed by atoms with E-state index in [-0.39, 0.29) is 0 Å². The van der Waals surface area contributed by atoms with E-state index in [4.69, 9.17) is 0 Å². The number of imidazole rings is 1. The van der Waals surface area contributed by atoms with Gasteiger partial charge in [-0.15, -0.1) is 0 Å². The third kappa shape index (κ3) is 2.28. The van der Waals surface area contributed by atoms with Crippen molar-refractivity contribution in [2.45, 2.75) is 19.6 Å².